The molecule has 0 bridgehead atoms. The molecule has 0 aromatic rings. The first-order valence-electron chi connectivity index (χ1n) is 3.70. The first-order chi connectivity index (χ1) is 6.09. The van der Waals surface area contributed by atoms with E-state index in [2.05, 4.69) is 15.6 Å². The van der Waals surface area contributed by atoms with E-state index in [1.165, 1.54) is 4.58 Å². The van der Waals surface area contributed by atoms with Crippen molar-refractivity contribution in [3.8, 4) is 0 Å². The fourth-order valence-corrected chi connectivity index (χ4v) is 0.917. The van der Waals surface area contributed by atoms with E-state index in [0.29, 0.717) is 12.6 Å². The Balaban J connectivity index is 2.69. The number of hydrogen-bond acceptors (Lipinski definition) is 3. The van der Waals surface area contributed by atoms with Crippen LogP contribution in [0.15, 0.2) is 4.99 Å². The van der Waals surface area contributed by atoms with Crippen LogP contribution in [0.2, 0.25) is 0 Å². The van der Waals surface area contributed by atoms with Crippen LogP contribution in [0.3, 0.4) is 0 Å². The first kappa shape index (κ1) is 9.30. The summed E-state index contributed by atoms with van der Waals surface area (Å²) in [6, 6.07) is 0. The molecule has 0 spiro atoms. The summed E-state index contributed by atoms with van der Waals surface area (Å²) in [6.07, 6.45) is 0. The second kappa shape index (κ2) is 3.74. The van der Waals surface area contributed by atoms with Crippen LogP contribution in [0.1, 0.15) is 0 Å². The molecule has 1 aliphatic rings. The van der Waals surface area contributed by atoms with Gasteiger partial charge in [-0.2, -0.15) is 0 Å². The van der Waals surface area contributed by atoms with Gasteiger partial charge in [0.1, 0.15) is 0 Å². The molecule has 1 heterocycles. The lowest BCUT2D eigenvalue weighted by molar-refractivity contribution is -0.491. The number of rotatable bonds is 2. The van der Waals surface area contributed by atoms with Crippen molar-refractivity contribution in [1.82, 2.24) is 10.6 Å². The summed E-state index contributed by atoms with van der Waals surface area (Å²) < 4.78 is 1.50. The summed E-state index contributed by atoms with van der Waals surface area (Å²) in [5, 5.41) is 14.1. The SMILES string of the molecule is C[N+](CC(=O)O)=C1NCN=C(N)N1. The zero-order valence-corrected chi connectivity index (χ0v) is 7.24. The molecule has 0 aromatic carbocycles. The lowest BCUT2D eigenvalue weighted by Crippen LogP contribution is -2.53. The Hall–Kier alpha value is -1.79. The molecule has 13 heavy (non-hydrogen) atoms. The molecule has 7 nitrogen and oxygen atoms in total. The van der Waals surface area contributed by atoms with Crippen LogP contribution in [-0.4, -0.2) is 47.8 Å². The third kappa shape index (κ3) is 2.62. The second-order valence-electron chi connectivity index (χ2n) is 2.60. The molecule has 1 rings (SSSR count). The molecule has 0 saturated heterocycles. The van der Waals surface area contributed by atoms with E-state index in [1.54, 1.807) is 7.05 Å². The summed E-state index contributed by atoms with van der Waals surface area (Å²) in [4.78, 5) is 14.2. The van der Waals surface area contributed by atoms with Crippen LogP contribution in [0.5, 0.6) is 0 Å². The minimum Gasteiger partial charge on any atom is -0.479 e. The second-order valence-corrected chi connectivity index (χ2v) is 2.60. The molecule has 0 aliphatic carbocycles. The summed E-state index contributed by atoms with van der Waals surface area (Å²) in [6.45, 7) is 0.265. The summed E-state index contributed by atoms with van der Waals surface area (Å²) >= 11 is 0. The van der Waals surface area contributed by atoms with Gasteiger partial charge in [0.15, 0.2) is 13.2 Å². The van der Waals surface area contributed by atoms with Crippen molar-refractivity contribution < 1.29 is 14.5 Å². The predicted molar refractivity (Wildman–Crippen MR) is 46.5 cm³/mol. The van der Waals surface area contributed by atoms with Gasteiger partial charge in [0.05, 0.1) is 7.05 Å². The molecule has 1 aliphatic heterocycles. The molecule has 0 fully saturated rings. The van der Waals surface area contributed by atoms with Gasteiger partial charge in [0, 0.05) is 0 Å². The van der Waals surface area contributed by atoms with E-state index in [0.717, 1.165) is 0 Å². The average Bonchev–Trinajstić information content (AvgIpc) is 2.03. The number of aliphatic imine (C=N–C) groups is 1. The van der Waals surface area contributed by atoms with Gasteiger partial charge in [-0.25, -0.2) is 15.1 Å². The zero-order valence-electron chi connectivity index (χ0n) is 7.24. The van der Waals surface area contributed by atoms with E-state index >= 15 is 0 Å². The lowest BCUT2D eigenvalue weighted by atomic mass is 10.6. The topological polar surface area (TPSA) is 103 Å². The van der Waals surface area contributed by atoms with Gasteiger partial charge in [-0.15, -0.1) is 0 Å². The standard InChI is InChI=1S/C6H11N5O2/c1-11(2-4(12)13)6-9-3-8-5(7)10-6/h2-3H2,1H3,(H4,7,8,9,10,12,13)/p+1. The maximum absolute atomic E-state index is 10.4. The van der Waals surface area contributed by atoms with Gasteiger partial charge in [0.25, 0.3) is 5.96 Å². The van der Waals surface area contributed by atoms with Gasteiger partial charge < -0.3 is 10.8 Å². The minimum absolute atomic E-state index is 0.0946. The quantitative estimate of drug-likeness (QED) is 0.358. The van der Waals surface area contributed by atoms with Crippen LogP contribution < -0.4 is 16.4 Å². The van der Waals surface area contributed by atoms with Crippen molar-refractivity contribution in [2.45, 2.75) is 0 Å². The predicted octanol–water partition coefficient (Wildman–Crippen LogP) is -2.47. The fraction of sp³-hybridized carbons (Fsp3) is 0.500. The third-order valence-electron chi connectivity index (χ3n) is 1.50. The van der Waals surface area contributed by atoms with Crippen molar-refractivity contribution in [2.24, 2.45) is 10.7 Å². The number of nitrogens with zero attached hydrogens (tertiary/aromatic N) is 2. The molecular weight excluding hydrogens is 174 g/mol. The number of carboxylic acids is 1. The zero-order chi connectivity index (χ0) is 9.84. The number of likely N-dealkylation sites (N-methyl/N-ethyl adjacent to an activating group) is 1. The highest BCUT2D eigenvalue weighted by Crippen LogP contribution is 1.79. The van der Waals surface area contributed by atoms with E-state index in [4.69, 9.17) is 10.8 Å². The molecule has 5 N–H and O–H groups in total. The summed E-state index contributed by atoms with van der Waals surface area (Å²) in [5.41, 5.74) is 5.40. The lowest BCUT2D eigenvalue weighted by Gasteiger charge is -2.11. The Morgan fingerprint density at radius 2 is 2.54 bits per heavy atom. The molecule has 7 heteroatoms. The molecule has 0 amide bonds. The fourth-order valence-electron chi connectivity index (χ4n) is 0.917. The van der Waals surface area contributed by atoms with Crippen molar-refractivity contribution >= 4 is 17.9 Å². The number of hydrogen-bond donors (Lipinski definition) is 4. The van der Waals surface area contributed by atoms with Gasteiger partial charge >= 0.3 is 11.9 Å². The Morgan fingerprint density at radius 3 is 3.08 bits per heavy atom. The highest BCUT2D eigenvalue weighted by molar-refractivity contribution is 5.97. The maximum atomic E-state index is 10.4. The van der Waals surface area contributed by atoms with Gasteiger partial charge in [0.2, 0.25) is 0 Å². The summed E-state index contributed by atoms with van der Waals surface area (Å²) in [7, 11) is 1.64. The van der Waals surface area contributed by atoms with Crippen molar-refractivity contribution in [3.05, 3.63) is 0 Å². The smallest absolute Gasteiger partial charge is 0.354 e. The highest BCUT2D eigenvalue weighted by Gasteiger charge is 2.16. The molecule has 0 aromatic heterocycles. The van der Waals surface area contributed by atoms with Crippen LogP contribution in [0.4, 0.5) is 0 Å². The number of guanidine groups is 2. The van der Waals surface area contributed by atoms with Gasteiger partial charge in [-0.1, -0.05) is 0 Å². The van der Waals surface area contributed by atoms with E-state index < -0.39 is 5.97 Å². The maximum Gasteiger partial charge on any atom is 0.354 e. The van der Waals surface area contributed by atoms with E-state index in [1.807, 2.05) is 0 Å². The molecule has 0 saturated carbocycles. The average molecular weight is 186 g/mol. The highest BCUT2D eigenvalue weighted by atomic mass is 16.4. The van der Waals surface area contributed by atoms with E-state index in [9.17, 15) is 4.79 Å². The van der Waals surface area contributed by atoms with Crippen LogP contribution in [0, 0.1) is 0 Å². The van der Waals surface area contributed by atoms with Crippen LogP contribution in [0.25, 0.3) is 0 Å². The minimum atomic E-state index is -0.903. The Kier molecular flexibility index (Phi) is 2.68. The molecule has 0 atom stereocenters. The number of aliphatic carboxylic acids is 1. The summed E-state index contributed by atoms with van der Waals surface area (Å²) in [5.74, 6) is -0.0689. The van der Waals surface area contributed by atoms with Crippen molar-refractivity contribution in [2.75, 3.05) is 20.3 Å². The van der Waals surface area contributed by atoms with Crippen LogP contribution >= 0.6 is 0 Å². The number of carbonyl (C=O) groups is 1. The normalized spacial score (nSPS) is 19.6. The van der Waals surface area contributed by atoms with Crippen molar-refractivity contribution in [3.63, 3.8) is 0 Å². The first-order valence-corrected chi connectivity index (χ1v) is 3.70. The van der Waals surface area contributed by atoms with Crippen molar-refractivity contribution in [1.29, 1.82) is 0 Å². The number of carboxylic acid groups (broad SMARTS) is 1. The molecule has 0 unspecified atom stereocenters. The Labute approximate surface area is 75.0 Å². The Bertz CT molecular complexity index is 283. The molecule has 72 valence electrons. The van der Waals surface area contributed by atoms with Crippen LogP contribution in [-0.2, 0) is 4.79 Å². The third-order valence-corrected chi connectivity index (χ3v) is 1.50. The molecule has 0 radical (unpaired) electrons. The molecular formula is C6H12N5O2+. The number of nitrogens with one attached hydrogen (secondary N) is 2. The number of nitrogens with two attached hydrogens (primary N) is 1. The monoisotopic (exact) mass is 186 g/mol. The van der Waals surface area contributed by atoms with E-state index in [-0.39, 0.29) is 12.5 Å². The van der Waals surface area contributed by atoms with Gasteiger partial charge in [-0.05, 0) is 0 Å². The Morgan fingerprint density at radius 1 is 1.85 bits per heavy atom. The van der Waals surface area contributed by atoms with Gasteiger partial charge in [-0.3, -0.25) is 9.89 Å². The largest absolute Gasteiger partial charge is 0.479 e.